The summed E-state index contributed by atoms with van der Waals surface area (Å²) in [4.78, 5) is 24.9. The van der Waals surface area contributed by atoms with Crippen LogP contribution in [-0.4, -0.2) is 22.6 Å². The van der Waals surface area contributed by atoms with Crippen molar-refractivity contribution in [3.63, 3.8) is 0 Å². The van der Waals surface area contributed by atoms with Crippen LogP contribution in [0.4, 0.5) is 4.79 Å². The van der Waals surface area contributed by atoms with E-state index in [0.29, 0.717) is 11.4 Å². The Labute approximate surface area is 88.5 Å². The highest BCUT2D eigenvalue weighted by atomic mass is 32.2. The third kappa shape index (κ3) is 2.38. The first-order valence-electron chi connectivity index (χ1n) is 4.94. The molecule has 1 fully saturated rings. The van der Waals surface area contributed by atoms with Gasteiger partial charge in [0.15, 0.2) is 0 Å². The van der Waals surface area contributed by atoms with Gasteiger partial charge in [-0.2, -0.15) is 0 Å². The van der Waals surface area contributed by atoms with E-state index in [-0.39, 0.29) is 11.1 Å². The molecule has 14 heavy (non-hydrogen) atoms. The highest BCUT2D eigenvalue weighted by molar-refractivity contribution is 8.18. The van der Waals surface area contributed by atoms with Gasteiger partial charge < -0.3 is 0 Å². The van der Waals surface area contributed by atoms with Crippen LogP contribution in [-0.2, 0) is 4.79 Å². The maximum Gasteiger partial charge on any atom is 0.293 e. The fraction of sp³-hybridized carbons (Fsp3) is 0.600. The van der Waals surface area contributed by atoms with Gasteiger partial charge in [-0.15, -0.1) is 0 Å². The smallest absolute Gasteiger partial charge is 0.268 e. The Hall–Kier alpha value is -0.770. The van der Waals surface area contributed by atoms with E-state index in [2.05, 4.69) is 0 Å². The van der Waals surface area contributed by atoms with Crippen molar-refractivity contribution in [3.05, 3.63) is 11.0 Å². The van der Waals surface area contributed by atoms with Gasteiger partial charge in [0, 0.05) is 6.54 Å². The minimum Gasteiger partial charge on any atom is -0.268 e. The van der Waals surface area contributed by atoms with E-state index >= 15 is 0 Å². The number of nitrogens with zero attached hydrogens (tertiary/aromatic N) is 1. The third-order valence-electron chi connectivity index (χ3n) is 1.94. The molecule has 0 aliphatic carbocycles. The molecule has 4 heteroatoms. The van der Waals surface area contributed by atoms with Crippen molar-refractivity contribution in [1.82, 2.24) is 4.90 Å². The molecule has 1 saturated heterocycles. The topological polar surface area (TPSA) is 37.4 Å². The zero-order chi connectivity index (χ0) is 10.6. The van der Waals surface area contributed by atoms with E-state index in [1.807, 2.05) is 19.9 Å². The number of hydrogen-bond acceptors (Lipinski definition) is 3. The highest BCUT2D eigenvalue weighted by Crippen LogP contribution is 2.30. The molecule has 2 amide bonds. The molecule has 0 aromatic carbocycles. The summed E-state index contributed by atoms with van der Waals surface area (Å²) in [7, 11) is 0. The van der Waals surface area contributed by atoms with Gasteiger partial charge in [-0.3, -0.25) is 14.5 Å². The van der Waals surface area contributed by atoms with Crippen molar-refractivity contribution in [2.24, 2.45) is 0 Å². The van der Waals surface area contributed by atoms with Gasteiger partial charge in [-0.25, -0.2) is 0 Å². The quantitative estimate of drug-likeness (QED) is 0.674. The molecule has 1 rings (SSSR count). The summed E-state index contributed by atoms with van der Waals surface area (Å²) in [6, 6.07) is 0. The number of hydrogen-bond donors (Lipinski definition) is 0. The molecule has 0 aromatic heterocycles. The molecule has 0 radical (unpaired) electrons. The number of thioether (sulfide) groups is 1. The summed E-state index contributed by atoms with van der Waals surface area (Å²) in [6.45, 7) is 4.54. The van der Waals surface area contributed by atoms with Gasteiger partial charge >= 0.3 is 0 Å². The molecule has 3 nitrogen and oxygen atoms in total. The van der Waals surface area contributed by atoms with Gasteiger partial charge in [0.25, 0.3) is 11.1 Å². The minimum absolute atomic E-state index is 0.115. The second-order valence-electron chi connectivity index (χ2n) is 3.18. The molecule has 0 atom stereocenters. The van der Waals surface area contributed by atoms with Gasteiger partial charge in [0.1, 0.15) is 0 Å². The Morgan fingerprint density at radius 1 is 1.29 bits per heavy atom. The normalized spacial score (nSPS) is 19.9. The first-order chi connectivity index (χ1) is 6.70. The summed E-state index contributed by atoms with van der Waals surface area (Å²) in [5, 5.41) is -0.126. The van der Waals surface area contributed by atoms with Crippen molar-refractivity contribution >= 4 is 22.9 Å². The molecular weight excluding hydrogens is 198 g/mol. The van der Waals surface area contributed by atoms with Crippen molar-refractivity contribution in [2.75, 3.05) is 6.54 Å². The molecule has 0 spiro atoms. The molecule has 78 valence electrons. The van der Waals surface area contributed by atoms with Crippen LogP contribution in [0, 0.1) is 0 Å². The molecule has 0 bridgehead atoms. The Morgan fingerprint density at radius 2 is 2.00 bits per heavy atom. The maximum atomic E-state index is 11.6. The van der Waals surface area contributed by atoms with Crippen LogP contribution in [0.1, 0.15) is 33.1 Å². The van der Waals surface area contributed by atoms with Gasteiger partial charge in [-0.05, 0) is 24.6 Å². The van der Waals surface area contributed by atoms with Crippen molar-refractivity contribution in [1.29, 1.82) is 0 Å². The van der Waals surface area contributed by atoms with Crippen molar-refractivity contribution < 1.29 is 9.59 Å². The van der Waals surface area contributed by atoms with Crippen LogP contribution in [0.25, 0.3) is 0 Å². The Bertz CT molecular complexity index is 273. The molecule has 0 unspecified atom stereocenters. The van der Waals surface area contributed by atoms with Gasteiger partial charge in [-0.1, -0.05) is 26.3 Å². The lowest BCUT2D eigenvalue weighted by atomic mass is 10.3. The van der Waals surface area contributed by atoms with Crippen molar-refractivity contribution in [2.45, 2.75) is 33.1 Å². The second kappa shape index (κ2) is 5.20. The number of imide groups is 1. The van der Waals surface area contributed by atoms with E-state index < -0.39 is 0 Å². The zero-order valence-corrected chi connectivity index (χ0v) is 9.39. The monoisotopic (exact) mass is 213 g/mol. The minimum atomic E-state index is -0.126. The lowest BCUT2D eigenvalue weighted by Gasteiger charge is -2.09. The largest absolute Gasteiger partial charge is 0.293 e. The summed E-state index contributed by atoms with van der Waals surface area (Å²) in [5.74, 6) is -0.115. The highest BCUT2D eigenvalue weighted by Gasteiger charge is 2.33. The second-order valence-corrected chi connectivity index (χ2v) is 4.18. The molecule has 0 aromatic rings. The molecule has 1 heterocycles. The molecule has 0 saturated carbocycles. The number of carbonyl (C=O) groups excluding carboxylic acids is 2. The average molecular weight is 213 g/mol. The Balaban J connectivity index is 2.69. The number of allylic oxidation sites excluding steroid dienone is 1. The summed E-state index contributed by atoms with van der Waals surface area (Å²) in [5.41, 5.74) is 0. The lowest BCUT2D eigenvalue weighted by Crippen LogP contribution is -2.28. The van der Waals surface area contributed by atoms with Gasteiger partial charge in [0.05, 0.1) is 4.91 Å². The van der Waals surface area contributed by atoms with E-state index in [0.717, 1.165) is 31.0 Å². The average Bonchev–Trinajstić information content (AvgIpc) is 2.43. The SMILES string of the molecule is CCC/C=C1\SC(=O)N(CCC)C1=O. The standard InChI is InChI=1S/C10H15NO2S/c1-3-5-6-8-9(12)11(7-4-2)10(13)14-8/h6H,3-5,7H2,1-2H3/b8-6-. The Kier molecular flexibility index (Phi) is 4.20. The van der Waals surface area contributed by atoms with Crippen LogP contribution < -0.4 is 0 Å². The summed E-state index contributed by atoms with van der Waals surface area (Å²) >= 11 is 1.06. The summed E-state index contributed by atoms with van der Waals surface area (Å²) in [6.07, 6.45) is 4.54. The van der Waals surface area contributed by atoms with Gasteiger partial charge in [0.2, 0.25) is 0 Å². The van der Waals surface area contributed by atoms with E-state index in [1.54, 1.807) is 0 Å². The first kappa shape index (κ1) is 11.3. The fourth-order valence-corrected chi connectivity index (χ4v) is 2.10. The molecular formula is C10H15NO2S. The van der Waals surface area contributed by atoms with Crippen LogP contribution in [0.2, 0.25) is 0 Å². The molecule has 1 aliphatic rings. The van der Waals surface area contributed by atoms with Crippen LogP contribution >= 0.6 is 11.8 Å². The number of carbonyl (C=O) groups is 2. The zero-order valence-electron chi connectivity index (χ0n) is 8.58. The summed E-state index contributed by atoms with van der Waals surface area (Å²) < 4.78 is 0. The predicted octanol–water partition coefficient (Wildman–Crippen LogP) is 2.78. The number of unbranched alkanes of at least 4 members (excludes halogenated alkanes) is 1. The van der Waals surface area contributed by atoms with Crippen molar-refractivity contribution in [3.8, 4) is 0 Å². The van der Waals surface area contributed by atoms with Crippen LogP contribution in [0.15, 0.2) is 11.0 Å². The van der Waals surface area contributed by atoms with E-state index in [4.69, 9.17) is 0 Å². The predicted molar refractivity (Wildman–Crippen MR) is 58.0 cm³/mol. The fourth-order valence-electron chi connectivity index (χ4n) is 1.23. The lowest BCUT2D eigenvalue weighted by molar-refractivity contribution is -0.122. The Morgan fingerprint density at radius 3 is 2.57 bits per heavy atom. The van der Waals surface area contributed by atoms with Crippen LogP contribution in [0.5, 0.6) is 0 Å². The van der Waals surface area contributed by atoms with E-state index in [9.17, 15) is 9.59 Å². The third-order valence-corrected chi connectivity index (χ3v) is 2.90. The first-order valence-corrected chi connectivity index (χ1v) is 5.76. The maximum absolute atomic E-state index is 11.6. The van der Waals surface area contributed by atoms with Crippen LogP contribution in [0.3, 0.4) is 0 Å². The number of amides is 2. The van der Waals surface area contributed by atoms with E-state index in [1.165, 1.54) is 4.90 Å². The number of rotatable bonds is 4. The molecule has 0 N–H and O–H groups in total. The molecule has 1 aliphatic heterocycles.